The predicted molar refractivity (Wildman–Crippen MR) is 107 cm³/mol. The lowest BCUT2D eigenvalue weighted by atomic mass is 10.1. The fourth-order valence-electron chi connectivity index (χ4n) is 2.65. The number of carbonyl (C=O) groups excluding carboxylic acids is 1. The van der Waals surface area contributed by atoms with Crippen molar-refractivity contribution >= 4 is 11.7 Å². The van der Waals surface area contributed by atoms with Gasteiger partial charge in [-0.15, -0.1) is 0 Å². The van der Waals surface area contributed by atoms with Crippen LogP contribution >= 0.6 is 0 Å². The second-order valence-electron chi connectivity index (χ2n) is 6.12. The van der Waals surface area contributed by atoms with Gasteiger partial charge in [0.2, 0.25) is 0 Å². The third kappa shape index (κ3) is 4.59. The minimum Gasteiger partial charge on any atom is -0.497 e. The van der Waals surface area contributed by atoms with Crippen molar-refractivity contribution in [2.45, 2.75) is 13.5 Å². The van der Waals surface area contributed by atoms with Crippen LogP contribution in [0.4, 0.5) is 5.82 Å². The molecule has 0 aliphatic rings. The highest BCUT2D eigenvalue weighted by molar-refractivity contribution is 6.05. The predicted octanol–water partition coefficient (Wildman–Crippen LogP) is 4.24. The van der Waals surface area contributed by atoms with Gasteiger partial charge in [-0.1, -0.05) is 24.3 Å². The number of methoxy groups -OCH3 is 2. The molecule has 0 radical (unpaired) electrons. The van der Waals surface area contributed by atoms with Crippen molar-refractivity contribution in [3.8, 4) is 17.2 Å². The van der Waals surface area contributed by atoms with Crippen molar-refractivity contribution in [1.82, 2.24) is 4.98 Å². The van der Waals surface area contributed by atoms with Gasteiger partial charge in [0.1, 0.15) is 18.1 Å². The van der Waals surface area contributed by atoms with Crippen LogP contribution in [-0.2, 0) is 6.61 Å². The first kappa shape index (κ1) is 19.2. The standard InChI is InChI=1S/C22H22N2O4/c1-15-7-4-5-8-16(15)14-28-20-9-6-10-23-21(20)24-22(25)17-11-18(26-2)13-19(12-17)27-3/h4-13H,14H2,1-3H3,(H,23,24,25). The number of hydrogen-bond donors (Lipinski definition) is 1. The summed E-state index contributed by atoms with van der Waals surface area (Å²) in [7, 11) is 3.07. The number of aryl methyl sites for hydroxylation is 1. The van der Waals surface area contributed by atoms with Crippen molar-refractivity contribution < 1.29 is 19.0 Å². The largest absolute Gasteiger partial charge is 0.497 e. The minimum absolute atomic E-state index is 0.336. The zero-order chi connectivity index (χ0) is 19.9. The van der Waals surface area contributed by atoms with Gasteiger partial charge in [-0.25, -0.2) is 4.98 Å². The lowest BCUT2D eigenvalue weighted by molar-refractivity contribution is 0.102. The molecule has 144 valence electrons. The summed E-state index contributed by atoms with van der Waals surface area (Å²) in [4.78, 5) is 17.0. The van der Waals surface area contributed by atoms with E-state index < -0.39 is 0 Å². The fourth-order valence-corrected chi connectivity index (χ4v) is 2.65. The van der Waals surface area contributed by atoms with E-state index in [1.54, 1.807) is 36.5 Å². The van der Waals surface area contributed by atoms with E-state index in [2.05, 4.69) is 10.3 Å². The Balaban J connectivity index is 1.78. The van der Waals surface area contributed by atoms with Crippen LogP contribution in [0, 0.1) is 6.92 Å². The summed E-state index contributed by atoms with van der Waals surface area (Å²) in [6, 6.07) is 16.5. The molecule has 0 aliphatic carbocycles. The number of anilines is 1. The van der Waals surface area contributed by atoms with Crippen LogP contribution in [0.5, 0.6) is 17.2 Å². The molecule has 0 saturated carbocycles. The van der Waals surface area contributed by atoms with Crippen LogP contribution in [0.2, 0.25) is 0 Å². The van der Waals surface area contributed by atoms with Gasteiger partial charge in [0.05, 0.1) is 14.2 Å². The van der Waals surface area contributed by atoms with Crippen LogP contribution in [-0.4, -0.2) is 25.1 Å². The molecule has 1 amide bonds. The number of aromatic nitrogens is 1. The minimum atomic E-state index is -0.336. The summed E-state index contributed by atoms with van der Waals surface area (Å²) in [6.07, 6.45) is 1.60. The quantitative estimate of drug-likeness (QED) is 0.666. The van der Waals surface area contributed by atoms with Crippen molar-refractivity contribution in [2.24, 2.45) is 0 Å². The Morgan fingerprint density at radius 2 is 1.71 bits per heavy atom. The Labute approximate surface area is 164 Å². The van der Waals surface area contributed by atoms with E-state index in [1.165, 1.54) is 14.2 Å². The number of ether oxygens (including phenoxy) is 3. The maximum absolute atomic E-state index is 12.7. The van der Waals surface area contributed by atoms with Crippen LogP contribution in [0.15, 0.2) is 60.8 Å². The zero-order valence-corrected chi connectivity index (χ0v) is 16.1. The zero-order valence-electron chi connectivity index (χ0n) is 16.1. The van der Waals surface area contributed by atoms with E-state index in [4.69, 9.17) is 14.2 Å². The smallest absolute Gasteiger partial charge is 0.257 e. The SMILES string of the molecule is COc1cc(OC)cc(C(=O)Nc2ncccc2OCc2ccccc2C)c1. The third-order valence-electron chi connectivity index (χ3n) is 4.26. The lowest BCUT2D eigenvalue weighted by Gasteiger charge is -2.13. The molecule has 0 fully saturated rings. The first-order chi connectivity index (χ1) is 13.6. The maximum Gasteiger partial charge on any atom is 0.257 e. The fraction of sp³-hybridized carbons (Fsp3) is 0.182. The average Bonchev–Trinajstić information content (AvgIpc) is 2.73. The Morgan fingerprint density at radius 1 is 1.00 bits per heavy atom. The van der Waals surface area contributed by atoms with Crippen molar-refractivity contribution in [1.29, 1.82) is 0 Å². The Kier molecular flexibility index (Phi) is 6.11. The number of benzene rings is 2. The van der Waals surface area contributed by atoms with Crippen LogP contribution in [0.1, 0.15) is 21.5 Å². The molecule has 6 nitrogen and oxygen atoms in total. The maximum atomic E-state index is 12.7. The molecule has 2 aromatic carbocycles. The number of pyridine rings is 1. The van der Waals surface area contributed by atoms with Crippen LogP contribution in [0.3, 0.4) is 0 Å². The van der Waals surface area contributed by atoms with E-state index in [0.717, 1.165) is 11.1 Å². The second kappa shape index (κ2) is 8.90. The Hall–Kier alpha value is -3.54. The van der Waals surface area contributed by atoms with Gasteiger partial charge in [-0.3, -0.25) is 4.79 Å². The topological polar surface area (TPSA) is 69.7 Å². The molecule has 0 unspecified atom stereocenters. The number of hydrogen-bond acceptors (Lipinski definition) is 5. The van der Waals surface area contributed by atoms with Gasteiger partial charge in [0.15, 0.2) is 11.6 Å². The molecule has 0 saturated heterocycles. The number of rotatable bonds is 7. The average molecular weight is 378 g/mol. The molecule has 3 aromatic rings. The molecule has 0 spiro atoms. The highest BCUT2D eigenvalue weighted by atomic mass is 16.5. The van der Waals surface area contributed by atoms with Gasteiger partial charge in [-0.05, 0) is 42.3 Å². The van der Waals surface area contributed by atoms with E-state index in [0.29, 0.717) is 35.2 Å². The summed E-state index contributed by atoms with van der Waals surface area (Å²) in [5, 5.41) is 2.79. The first-order valence-electron chi connectivity index (χ1n) is 8.77. The lowest BCUT2D eigenvalue weighted by Crippen LogP contribution is -2.14. The Bertz CT molecular complexity index is 950. The van der Waals surface area contributed by atoms with Gasteiger partial charge in [0, 0.05) is 17.8 Å². The summed E-state index contributed by atoms with van der Waals surface area (Å²) < 4.78 is 16.3. The van der Waals surface area contributed by atoms with Crippen molar-refractivity contribution in [2.75, 3.05) is 19.5 Å². The van der Waals surface area contributed by atoms with Crippen LogP contribution < -0.4 is 19.5 Å². The number of nitrogens with one attached hydrogen (secondary N) is 1. The van der Waals surface area contributed by atoms with E-state index >= 15 is 0 Å². The molecule has 28 heavy (non-hydrogen) atoms. The molecule has 0 aliphatic heterocycles. The van der Waals surface area contributed by atoms with Crippen molar-refractivity contribution in [3.05, 3.63) is 77.5 Å². The highest BCUT2D eigenvalue weighted by Gasteiger charge is 2.14. The third-order valence-corrected chi connectivity index (χ3v) is 4.26. The van der Waals surface area contributed by atoms with Crippen LogP contribution in [0.25, 0.3) is 0 Å². The Morgan fingerprint density at radius 3 is 2.39 bits per heavy atom. The summed E-state index contributed by atoms with van der Waals surface area (Å²) in [6.45, 7) is 2.41. The molecule has 3 rings (SSSR count). The summed E-state index contributed by atoms with van der Waals surface area (Å²) in [5.41, 5.74) is 2.60. The van der Waals surface area contributed by atoms with Gasteiger partial charge >= 0.3 is 0 Å². The molecular formula is C22H22N2O4. The van der Waals surface area contributed by atoms with E-state index in [1.807, 2.05) is 31.2 Å². The normalized spacial score (nSPS) is 10.2. The van der Waals surface area contributed by atoms with Gasteiger partial charge in [0.25, 0.3) is 5.91 Å². The molecule has 0 atom stereocenters. The number of carbonyl (C=O) groups is 1. The van der Waals surface area contributed by atoms with Gasteiger partial charge in [-0.2, -0.15) is 0 Å². The molecule has 0 bridgehead atoms. The second-order valence-corrected chi connectivity index (χ2v) is 6.12. The first-order valence-corrected chi connectivity index (χ1v) is 8.77. The number of nitrogens with zero attached hydrogens (tertiary/aromatic N) is 1. The molecule has 1 N–H and O–H groups in total. The van der Waals surface area contributed by atoms with Crippen molar-refractivity contribution in [3.63, 3.8) is 0 Å². The van der Waals surface area contributed by atoms with Gasteiger partial charge < -0.3 is 19.5 Å². The number of amides is 1. The van der Waals surface area contributed by atoms with E-state index in [-0.39, 0.29) is 5.91 Å². The summed E-state index contributed by atoms with van der Waals surface area (Å²) in [5.74, 6) is 1.57. The van der Waals surface area contributed by atoms with E-state index in [9.17, 15) is 4.79 Å². The molecule has 6 heteroatoms. The highest BCUT2D eigenvalue weighted by Crippen LogP contribution is 2.26. The molecule has 1 heterocycles. The monoisotopic (exact) mass is 378 g/mol. The molecular weight excluding hydrogens is 356 g/mol. The summed E-state index contributed by atoms with van der Waals surface area (Å²) >= 11 is 0. The molecule has 1 aromatic heterocycles.